The third-order valence-corrected chi connectivity index (χ3v) is 5.58. The Balaban J connectivity index is 0.000000465. The molecule has 0 amide bonds. The Kier molecular flexibility index (Phi) is 10.4. The summed E-state index contributed by atoms with van der Waals surface area (Å²) in [6.07, 6.45) is 6.52. The quantitative estimate of drug-likeness (QED) is 0.832. The van der Waals surface area contributed by atoms with Crippen molar-refractivity contribution < 1.29 is 1.43 Å². The molecule has 0 spiro atoms. The van der Waals surface area contributed by atoms with E-state index in [0.29, 0.717) is 18.1 Å². The number of nitrogens with zero attached hydrogens (tertiary/aromatic N) is 3. The fraction of sp³-hybridized carbons (Fsp3) is 1.00. The van der Waals surface area contributed by atoms with Crippen molar-refractivity contribution in [2.24, 2.45) is 5.73 Å². The summed E-state index contributed by atoms with van der Waals surface area (Å²) in [5.74, 6) is 0. The standard InChI is InChI=1S/C12H26N2.C8H18N2.H2/c1-5-8-13(4)12-7-6-9-14(10-12)11(2)3;1-7(2)10-5-3-4-8(9)6-10;/h11-12H,5-10H2,1-4H3;7-8H,3-6,9H2,1-2H3;1H. The molecule has 146 valence electrons. The van der Waals surface area contributed by atoms with Crippen molar-refractivity contribution in [2.45, 2.75) is 90.9 Å². The first-order valence-electron chi connectivity index (χ1n) is 10.3. The zero-order chi connectivity index (χ0) is 18.1. The maximum Gasteiger partial charge on any atom is 0.0220 e. The van der Waals surface area contributed by atoms with Gasteiger partial charge in [0.1, 0.15) is 0 Å². The molecule has 0 saturated carbocycles. The second kappa shape index (κ2) is 11.5. The van der Waals surface area contributed by atoms with Crippen molar-refractivity contribution >= 4 is 0 Å². The molecule has 0 aliphatic carbocycles. The van der Waals surface area contributed by atoms with Gasteiger partial charge < -0.3 is 10.6 Å². The number of likely N-dealkylation sites (tertiary alicyclic amines) is 2. The predicted octanol–water partition coefficient (Wildman–Crippen LogP) is 3.26. The summed E-state index contributed by atoms with van der Waals surface area (Å²) in [7, 11) is 2.28. The topological polar surface area (TPSA) is 35.7 Å². The summed E-state index contributed by atoms with van der Waals surface area (Å²) in [5, 5.41) is 0. The lowest BCUT2D eigenvalue weighted by Gasteiger charge is -2.39. The Morgan fingerprint density at radius 1 is 1.00 bits per heavy atom. The smallest absolute Gasteiger partial charge is 0.0220 e. The van der Waals surface area contributed by atoms with Gasteiger partial charge in [-0.1, -0.05) is 6.92 Å². The van der Waals surface area contributed by atoms with Crippen LogP contribution in [0.15, 0.2) is 0 Å². The van der Waals surface area contributed by atoms with Crippen LogP contribution in [0.2, 0.25) is 0 Å². The normalized spacial score (nSPS) is 26.8. The maximum absolute atomic E-state index is 5.82. The molecule has 0 aromatic rings. The second-order valence-electron chi connectivity index (χ2n) is 8.36. The van der Waals surface area contributed by atoms with Gasteiger partial charge in [-0.05, 0) is 86.5 Å². The zero-order valence-corrected chi connectivity index (χ0v) is 17.3. The van der Waals surface area contributed by atoms with Crippen molar-refractivity contribution in [3.8, 4) is 0 Å². The van der Waals surface area contributed by atoms with E-state index in [0.717, 1.165) is 12.6 Å². The van der Waals surface area contributed by atoms with Crippen LogP contribution in [-0.4, -0.2) is 78.6 Å². The molecular weight excluding hydrogens is 296 g/mol. The predicted molar refractivity (Wildman–Crippen MR) is 109 cm³/mol. The summed E-state index contributed by atoms with van der Waals surface area (Å²) < 4.78 is 0. The molecule has 0 aromatic carbocycles. The van der Waals surface area contributed by atoms with Crippen molar-refractivity contribution in [3.05, 3.63) is 0 Å². The van der Waals surface area contributed by atoms with Crippen LogP contribution in [-0.2, 0) is 0 Å². The van der Waals surface area contributed by atoms with E-state index in [1.54, 1.807) is 0 Å². The van der Waals surface area contributed by atoms with Gasteiger partial charge in [-0.25, -0.2) is 0 Å². The minimum atomic E-state index is 0. The molecule has 2 unspecified atom stereocenters. The van der Waals surface area contributed by atoms with Gasteiger partial charge in [-0.2, -0.15) is 0 Å². The minimum Gasteiger partial charge on any atom is -0.327 e. The van der Waals surface area contributed by atoms with Crippen molar-refractivity contribution in [2.75, 3.05) is 39.8 Å². The monoisotopic (exact) mass is 342 g/mol. The molecule has 2 fully saturated rings. The highest BCUT2D eigenvalue weighted by Crippen LogP contribution is 2.16. The average molecular weight is 343 g/mol. The molecule has 2 heterocycles. The fourth-order valence-corrected chi connectivity index (χ4v) is 3.86. The lowest BCUT2D eigenvalue weighted by atomic mass is 10.0. The Labute approximate surface area is 153 Å². The molecule has 0 bridgehead atoms. The number of hydrogen-bond donors (Lipinski definition) is 1. The molecule has 0 aromatic heterocycles. The lowest BCUT2D eigenvalue weighted by molar-refractivity contribution is 0.0953. The molecule has 0 radical (unpaired) electrons. The van der Waals surface area contributed by atoms with Crippen LogP contribution < -0.4 is 5.73 Å². The van der Waals surface area contributed by atoms with Crippen molar-refractivity contribution in [3.63, 3.8) is 0 Å². The fourth-order valence-electron chi connectivity index (χ4n) is 3.86. The van der Waals surface area contributed by atoms with E-state index in [2.05, 4.69) is 56.4 Å². The van der Waals surface area contributed by atoms with E-state index in [-0.39, 0.29) is 1.43 Å². The number of rotatable bonds is 5. The number of piperidine rings is 2. The van der Waals surface area contributed by atoms with Gasteiger partial charge >= 0.3 is 0 Å². The first kappa shape index (κ1) is 21.9. The summed E-state index contributed by atoms with van der Waals surface area (Å²) in [5.41, 5.74) is 5.82. The van der Waals surface area contributed by atoms with Gasteiger partial charge in [0.25, 0.3) is 0 Å². The van der Waals surface area contributed by atoms with Gasteiger partial charge in [-0.15, -0.1) is 0 Å². The summed E-state index contributed by atoms with van der Waals surface area (Å²) >= 11 is 0. The SMILES string of the molecule is CC(C)N1CCCC(N)C1.CCCN(C)C1CCCN(C(C)C)C1.[HH]. The summed E-state index contributed by atoms with van der Waals surface area (Å²) in [4.78, 5) is 7.60. The van der Waals surface area contributed by atoms with E-state index in [1.165, 1.54) is 58.3 Å². The molecule has 24 heavy (non-hydrogen) atoms. The number of likely N-dealkylation sites (N-methyl/N-ethyl adjacent to an activating group) is 1. The van der Waals surface area contributed by atoms with Crippen LogP contribution in [0.1, 0.15) is 68.1 Å². The van der Waals surface area contributed by atoms with Crippen LogP contribution >= 0.6 is 0 Å². The first-order chi connectivity index (χ1) is 11.3. The zero-order valence-electron chi connectivity index (χ0n) is 17.3. The largest absolute Gasteiger partial charge is 0.327 e. The molecule has 2 aliphatic rings. The van der Waals surface area contributed by atoms with Gasteiger partial charge in [-0.3, -0.25) is 9.80 Å². The Bertz CT molecular complexity index is 325. The third kappa shape index (κ3) is 7.81. The van der Waals surface area contributed by atoms with Crippen LogP contribution in [0, 0.1) is 0 Å². The molecule has 2 rings (SSSR count). The molecule has 2 N–H and O–H groups in total. The van der Waals surface area contributed by atoms with Crippen LogP contribution in [0.5, 0.6) is 0 Å². The Hall–Kier alpha value is -0.160. The highest BCUT2D eigenvalue weighted by Gasteiger charge is 2.23. The molecule has 2 saturated heterocycles. The summed E-state index contributed by atoms with van der Waals surface area (Å²) in [6, 6.07) is 2.61. The number of nitrogens with two attached hydrogens (primary N) is 1. The van der Waals surface area contributed by atoms with E-state index < -0.39 is 0 Å². The Morgan fingerprint density at radius 3 is 2.00 bits per heavy atom. The van der Waals surface area contributed by atoms with Gasteiger partial charge in [0.15, 0.2) is 0 Å². The number of hydrogen-bond acceptors (Lipinski definition) is 4. The van der Waals surface area contributed by atoms with E-state index >= 15 is 0 Å². The highest BCUT2D eigenvalue weighted by atomic mass is 15.2. The van der Waals surface area contributed by atoms with Gasteiger partial charge in [0.05, 0.1) is 0 Å². The third-order valence-electron chi connectivity index (χ3n) is 5.58. The highest BCUT2D eigenvalue weighted by molar-refractivity contribution is 4.80. The second-order valence-corrected chi connectivity index (χ2v) is 8.36. The molecule has 2 aliphatic heterocycles. The molecule has 4 nitrogen and oxygen atoms in total. The van der Waals surface area contributed by atoms with Gasteiger partial charge in [0, 0.05) is 38.7 Å². The van der Waals surface area contributed by atoms with E-state index in [1.807, 2.05) is 0 Å². The van der Waals surface area contributed by atoms with Crippen LogP contribution in [0.25, 0.3) is 0 Å². The van der Waals surface area contributed by atoms with Crippen LogP contribution in [0.4, 0.5) is 0 Å². The van der Waals surface area contributed by atoms with Crippen molar-refractivity contribution in [1.29, 1.82) is 0 Å². The first-order valence-corrected chi connectivity index (χ1v) is 10.3. The maximum atomic E-state index is 5.82. The lowest BCUT2D eigenvalue weighted by Crippen LogP contribution is -2.48. The van der Waals surface area contributed by atoms with Crippen LogP contribution in [0.3, 0.4) is 0 Å². The summed E-state index contributed by atoms with van der Waals surface area (Å²) in [6.45, 7) is 17.5. The molecular formula is C20H46N4. The molecule has 4 heteroatoms. The average Bonchev–Trinajstić information content (AvgIpc) is 2.55. The van der Waals surface area contributed by atoms with Gasteiger partial charge in [0.2, 0.25) is 0 Å². The van der Waals surface area contributed by atoms with E-state index in [4.69, 9.17) is 5.73 Å². The molecule has 2 atom stereocenters. The van der Waals surface area contributed by atoms with E-state index in [9.17, 15) is 0 Å². The Morgan fingerprint density at radius 2 is 1.54 bits per heavy atom. The van der Waals surface area contributed by atoms with Crippen molar-refractivity contribution in [1.82, 2.24) is 14.7 Å². The minimum absolute atomic E-state index is 0.